The lowest BCUT2D eigenvalue weighted by molar-refractivity contribution is -0.132. The van der Waals surface area contributed by atoms with Crippen LogP contribution in [0, 0.1) is 5.82 Å². The fraction of sp³-hybridized carbons (Fsp3) is 0.550. The van der Waals surface area contributed by atoms with Gasteiger partial charge in [0, 0.05) is 12.1 Å². The Balaban J connectivity index is 1.60. The first-order valence-corrected chi connectivity index (χ1v) is 12.9. The van der Waals surface area contributed by atoms with Gasteiger partial charge >= 0.3 is 0 Å². The molecule has 3 unspecified atom stereocenters. The van der Waals surface area contributed by atoms with E-state index >= 15 is 0 Å². The molecular weight excluding hydrogens is 445 g/mol. The van der Waals surface area contributed by atoms with Crippen LogP contribution in [0.4, 0.5) is 4.39 Å². The van der Waals surface area contributed by atoms with Gasteiger partial charge in [-0.1, -0.05) is 30.8 Å². The van der Waals surface area contributed by atoms with E-state index in [9.17, 15) is 17.6 Å². The van der Waals surface area contributed by atoms with Crippen molar-refractivity contribution in [3.63, 3.8) is 0 Å². The lowest BCUT2D eigenvalue weighted by Gasteiger charge is -2.33. The number of ether oxygens (including phenoxy) is 1. The van der Waals surface area contributed by atoms with Crippen LogP contribution in [0.3, 0.4) is 0 Å². The maximum absolute atomic E-state index is 13.8. The minimum absolute atomic E-state index is 0.00332. The summed E-state index contributed by atoms with van der Waals surface area (Å²) in [6, 6.07) is 5.64. The lowest BCUT2D eigenvalue weighted by Crippen LogP contribution is -2.47. The smallest absolute Gasteiger partial charge is 0.277 e. The van der Waals surface area contributed by atoms with E-state index in [2.05, 4.69) is 10.2 Å². The Labute approximate surface area is 185 Å². The van der Waals surface area contributed by atoms with Gasteiger partial charge in [-0.3, -0.25) is 4.79 Å². The Bertz CT molecular complexity index is 1010. The van der Waals surface area contributed by atoms with Crippen LogP contribution in [0.1, 0.15) is 45.6 Å². The van der Waals surface area contributed by atoms with Crippen LogP contribution in [-0.4, -0.2) is 58.8 Å². The molecule has 2 aromatic rings. The first-order chi connectivity index (χ1) is 14.7. The number of halogens is 1. The van der Waals surface area contributed by atoms with Gasteiger partial charge in [0.2, 0.25) is 5.91 Å². The Kier molecular flexibility index (Phi) is 7.58. The molecule has 1 amide bonds. The summed E-state index contributed by atoms with van der Waals surface area (Å²) < 4.78 is 48.6. The zero-order valence-corrected chi connectivity index (χ0v) is 19.3. The number of aromatic nitrogens is 2. The summed E-state index contributed by atoms with van der Waals surface area (Å²) in [6.07, 6.45) is 0.510. The largest absolute Gasteiger partial charge is 0.478 e. The lowest BCUT2D eigenvalue weighted by atomic mass is 10.1. The van der Waals surface area contributed by atoms with Gasteiger partial charge in [0.05, 0.1) is 17.3 Å². The van der Waals surface area contributed by atoms with E-state index in [-0.39, 0.29) is 52.1 Å². The predicted octanol–water partition coefficient (Wildman–Crippen LogP) is 3.26. The van der Waals surface area contributed by atoms with Gasteiger partial charge in [-0.2, -0.15) is 0 Å². The summed E-state index contributed by atoms with van der Waals surface area (Å²) in [5.41, 5.74) is 0. The Morgan fingerprint density at radius 3 is 2.74 bits per heavy atom. The number of benzene rings is 1. The second-order valence-corrected chi connectivity index (χ2v) is 10.7. The SMILES string of the molecule is CCC(C)N(C(=O)CSc1nnc(C(C)Oc2ccccc2F)o1)C1CCS(=O)(=O)C1. The van der Waals surface area contributed by atoms with Crippen LogP contribution in [0.5, 0.6) is 5.75 Å². The summed E-state index contributed by atoms with van der Waals surface area (Å²) in [7, 11) is -3.10. The molecule has 0 N–H and O–H groups in total. The Hall–Kier alpha value is -2.14. The second-order valence-electron chi connectivity index (χ2n) is 7.50. The summed E-state index contributed by atoms with van der Waals surface area (Å²) in [4.78, 5) is 14.6. The van der Waals surface area contributed by atoms with Crippen molar-refractivity contribution in [1.29, 1.82) is 0 Å². The Morgan fingerprint density at radius 1 is 1.35 bits per heavy atom. The van der Waals surface area contributed by atoms with Gasteiger partial charge in [-0.25, -0.2) is 12.8 Å². The third kappa shape index (κ3) is 5.97. The van der Waals surface area contributed by atoms with Crippen molar-refractivity contribution in [1.82, 2.24) is 15.1 Å². The van der Waals surface area contributed by atoms with Gasteiger partial charge in [-0.15, -0.1) is 10.2 Å². The number of carbonyl (C=O) groups excluding carboxylic acids is 1. The molecule has 2 heterocycles. The molecule has 8 nitrogen and oxygen atoms in total. The number of sulfone groups is 1. The van der Waals surface area contributed by atoms with Crippen LogP contribution in [0.2, 0.25) is 0 Å². The highest BCUT2D eigenvalue weighted by molar-refractivity contribution is 7.99. The molecule has 1 aliphatic heterocycles. The number of hydrogen-bond donors (Lipinski definition) is 0. The molecule has 0 radical (unpaired) electrons. The standard InChI is InChI=1S/C20H26FN3O5S2/c1-4-13(2)24(15-9-10-31(26,27)12-15)18(25)11-30-20-23-22-19(29-20)14(3)28-17-8-6-5-7-16(17)21/h5-8,13-15H,4,9-12H2,1-3H3. The fourth-order valence-corrected chi connectivity index (χ4v) is 5.77. The molecule has 3 atom stereocenters. The normalized spacial score (nSPS) is 19.7. The van der Waals surface area contributed by atoms with Gasteiger partial charge in [0.1, 0.15) is 0 Å². The first kappa shape index (κ1) is 23.5. The average Bonchev–Trinajstić information content (AvgIpc) is 3.34. The van der Waals surface area contributed by atoms with E-state index in [1.807, 2.05) is 13.8 Å². The summed E-state index contributed by atoms with van der Waals surface area (Å²) in [5.74, 6) is -0.260. The summed E-state index contributed by atoms with van der Waals surface area (Å²) in [6.45, 7) is 5.54. The molecule has 3 rings (SSSR count). The maximum Gasteiger partial charge on any atom is 0.277 e. The monoisotopic (exact) mass is 471 g/mol. The number of carbonyl (C=O) groups is 1. The summed E-state index contributed by atoms with van der Waals surface area (Å²) >= 11 is 1.08. The van der Waals surface area contributed by atoms with Gasteiger partial charge in [0.25, 0.3) is 11.1 Å². The molecule has 1 aliphatic rings. The summed E-state index contributed by atoms with van der Waals surface area (Å²) in [5, 5.41) is 8.04. The van der Waals surface area contributed by atoms with Gasteiger partial charge in [-0.05, 0) is 38.8 Å². The average molecular weight is 472 g/mol. The third-order valence-electron chi connectivity index (χ3n) is 5.18. The zero-order valence-electron chi connectivity index (χ0n) is 17.7. The molecule has 1 fully saturated rings. The second kappa shape index (κ2) is 9.99. The van der Waals surface area contributed by atoms with E-state index in [0.717, 1.165) is 18.2 Å². The van der Waals surface area contributed by atoms with Crippen LogP contribution >= 0.6 is 11.8 Å². The molecule has 1 saturated heterocycles. The molecule has 1 aromatic heterocycles. The number of thioether (sulfide) groups is 1. The van der Waals surface area contributed by atoms with Crippen molar-refractivity contribution < 1.29 is 26.8 Å². The number of para-hydroxylation sites is 1. The molecule has 31 heavy (non-hydrogen) atoms. The van der Waals surface area contributed by atoms with Crippen LogP contribution < -0.4 is 4.74 Å². The van der Waals surface area contributed by atoms with Crippen LogP contribution in [0.25, 0.3) is 0 Å². The number of hydrogen-bond acceptors (Lipinski definition) is 8. The minimum Gasteiger partial charge on any atom is -0.478 e. The molecular formula is C20H26FN3O5S2. The number of rotatable bonds is 9. The van der Waals surface area contributed by atoms with Crippen molar-refractivity contribution in [2.75, 3.05) is 17.3 Å². The van der Waals surface area contributed by atoms with E-state index in [0.29, 0.717) is 6.42 Å². The number of nitrogens with zero attached hydrogens (tertiary/aromatic N) is 3. The first-order valence-electron chi connectivity index (χ1n) is 10.1. The van der Waals surface area contributed by atoms with E-state index < -0.39 is 21.8 Å². The van der Waals surface area contributed by atoms with Crippen molar-refractivity contribution in [2.24, 2.45) is 0 Å². The fourth-order valence-electron chi connectivity index (χ4n) is 3.42. The van der Waals surface area contributed by atoms with Crippen LogP contribution in [0.15, 0.2) is 33.9 Å². The topological polar surface area (TPSA) is 103 Å². The highest BCUT2D eigenvalue weighted by Crippen LogP contribution is 2.27. The zero-order chi connectivity index (χ0) is 22.6. The van der Waals surface area contributed by atoms with Crippen molar-refractivity contribution in [3.8, 4) is 5.75 Å². The quantitative estimate of drug-likeness (QED) is 0.514. The van der Waals surface area contributed by atoms with Gasteiger partial charge in [0.15, 0.2) is 27.5 Å². The van der Waals surface area contributed by atoms with E-state index in [1.54, 1.807) is 24.0 Å². The van der Waals surface area contributed by atoms with Crippen molar-refractivity contribution in [3.05, 3.63) is 36.0 Å². The van der Waals surface area contributed by atoms with Crippen molar-refractivity contribution >= 4 is 27.5 Å². The Morgan fingerprint density at radius 2 is 2.10 bits per heavy atom. The molecule has 0 bridgehead atoms. The highest BCUT2D eigenvalue weighted by Gasteiger charge is 2.36. The molecule has 11 heteroatoms. The molecule has 0 spiro atoms. The minimum atomic E-state index is -3.10. The third-order valence-corrected chi connectivity index (χ3v) is 7.74. The number of amides is 1. The molecule has 0 aliphatic carbocycles. The highest BCUT2D eigenvalue weighted by atomic mass is 32.2. The molecule has 170 valence electrons. The maximum atomic E-state index is 13.8. The van der Waals surface area contributed by atoms with Crippen molar-refractivity contribution in [2.45, 2.75) is 57.0 Å². The molecule has 1 aromatic carbocycles. The van der Waals surface area contributed by atoms with E-state index in [1.165, 1.54) is 12.1 Å². The van der Waals surface area contributed by atoms with Crippen LogP contribution in [-0.2, 0) is 14.6 Å². The van der Waals surface area contributed by atoms with Gasteiger partial charge < -0.3 is 14.1 Å². The predicted molar refractivity (Wildman–Crippen MR) is 114 cm³/mol. The van der Waals surface area contributed by atoms with E-state index in [4.69, 9.17) is 9.15 Å². The molecule has 0 saturated carbocycles.